The lowest BCUT2D eigenvalue weighted by molar-refractivity contribution is -0.384. The molecule has 0 fully saturated rings. The van der Waals surface area contributed by atoms with E-state index in [2.05, 4.69) is 10.5 Å². The van der Waals surface area contributed by atoms with Crippen LogP contribution in [0.1, 0.15) is 0 Å². The molecule has 23 heavy (non-hydrogen) atoms. The quantitative estimate of drug-likeness (QED) is 0.336. The molecule has 0 saturated heterocycles. The summed E-state index contributed by atoms with van der Waals surface area (Å²) >= 11 is 0. The van der Waals surface area contributed by atoms with Crippen LogP contribution in [0.4, 0.5) is 11.4 Å². The van der Waals surface area contributed by atoms with Gasteiger partial charge in [0.15, 0.2) is 5.84 Å². The van der Waals surface area contributed by atoms with E-state index in [-0.39, 0.29) is 11.4 Å². The van der Waals surface area contributed by atoms with Crippen LogP contribution in [-0.4, -0.2) is 16.5 Å². The Morgan fingerprint density at radius 1 is 1.26 bits per heavy atom. The molecule has 4 N–H and O–H groups in total. The highest BCUT2D eigenvalue weighted by molar-refractivity contribution is 6.45. The molecule has 0 aliphatic carbocycles. The fourth-order valence-corrected chi connectivity index (χ4v) is 1.86. The first kappa shape index (κ1) is 15.7. The van der Waals surface area contributed by atoms with E-state index < -0.39 is 10.8 Å². The summed E-state index contributed by atoms with van der Waals surface area (Å²) in [4.78, 5) is 10.2. The molecular formula is C15H12N6O2. The maximum atomic E-state index is 10.7. The summed E-state index contributed by atoms with van der Waals surface area (Å²) in [6.07, 6.45) is 0. The molecule has 8 nitrogen and oxygen atoms in total. The molecule has 0 bridgehead atoms. The van der Waals surface area contributed by atoms with Crippen LogP contribution in [0.2, 0.25) is 0 Å². The van der Waals surface area contributed by atoms with Crippen molar-refractivity contribution in [2.75, 3.05) is 5.43 Å². The maximum absolute atomic E-state index is 10.7. The second-order valence-corrected chi connectivity index (χ2v) is 4.45. The van der Waals surface area contributed by atoms with Crippen molar-refractivity contribution >= 4 is 22.9 Å². The van der Waals surface area contributed by atoms with Crippen LogP contribution in [0, 0.1) is 26.9 Å². The molecule has 0 spiro atoms. The molecular weight excluding hydrogens is 296 g/mol. The van der Waals surface area contributed by atoms with Crippen molar-refractivity contribution in [3.05, 3.63) is 58.6 Å². The fourth-order valence-electron chi connectivity index (χ4n) is 1.86. The third-order valence-electron chi connectivity index (χ3n) is 2.97. The molecule has 0 aliphatic rings. The Hall–Kier alpha value is -3.73. The number of nitro groups is 1. The highest BCUT2D eigenvalue weighted by atomic mass is 16.6. The lowest BCUT2D eigenvalue weighted by atomic mass is 10.0. The second kappa shape index (κ2) is 6.82. The van der Waals surface area contributed by atoms with Gasteiger partial charge in [0.1, 0.15) is 6.07 Å². The number of hydrogen-bond donors (Lipinski definition) is 3. The number of nitriles is 1. The number of para-hydroxylation sites is 1. The average Bonchev–Trinajstić information content (AvgIpc) is 2.55. The molecule has 2 aromatic rings. The topological polar surface area (TPSA) is 141 Å². The molecule has 0 saturated carbocycles. The van der Waals surface area contributed by atoms with Crippen molar-refractivity contribution < 1.29 is 4.92 Å². The van der Waals surface area contributed by atoms with E-state index in [1.165, 1.54) is 12.1 Å². The van der Waals surface area contributed by atoms with Gasteiger partial charge in [-0.05, 0) is 23.8 Å². The highest BCUT2D eigenvalue weighted by Crippen LogP contribution is 2.29. The first-order chi connectivity index (χ1) is 11.0. The number of non-ortho nitro benzene ring substituents is 1. The predicted octanol–water partition coefficient (Wildman–Crippen LogP) is 2.49. The van der Waals surface area contributed by atoms with Gasteiger partial charge in [0, 0.05) is 17.7 Å². The largest absolute Gasteiger partial charge is 0.382 e. The number of nitrogens with zero attached hydrogens (tertiary/aromatic N) is 3. The van der Waals surface area contributed by atoms with Crippen LogP contribution in [0.25, 0.3) is 11.1 Å². The number of benzene rings is 2. The van der Waals surface area contributed by atoms with Crippen molar-refractivity contribution in [3.8, 4) is 17.2 Å². The number of rotatable bonds is 5. The number of nitro benzene ring substituents is 1. The normalized spacial score (nSPS) is 10.7. The summed E-state index contributed by atoms with van der Waals surface area (Å²) in [6, 6.07) is 14.9. The van der Waals surface area contributed by atoms with E-state index in [1.54, 1.807) is 36.4 Å². The van der Waals surface area contributed by atoms with E-state index in [9.17, 15) is 10.1 Å². The summed E-state index contributed by atoms with van der Waals surface area (Å²) < 4.78 is 0. The summed E-state index contributed by atoms with van der Waals surface area (Å²) in [5.41, 5.74) is 9.76. The van der Waals surface area contributed by atoms with Crippen LogP contribution >= 0.6 is 0 Å². The Labute approximate surface area is 131 Å². The highest BCUT2D eigenvalue weighted by Gasteiger charge is 2.08. The van der Waals surface area contributed by atoms with Crippen molar-refractivity contribution in [1.82, 2.24) is 0 Å². The Balaban J connectivity index is 2.36. The number of amidine groups is 1. The van der Waals surface area contributed by atoms with E-state index in [0.29, 0.717) is 5.69 Å². The molecule has 8 heteroatoms. The number of anilines is 1. The smallest absolute Gasteiger partial charge is 0.269 e. The number of nitrogens with two attached hydrogens (primary N) is 1. The standard InChI is InChI=1S/C15H12N6O2/c16-9-14(15(17)18)20-19-13-4-2-1-3-12(13)10-5-7-11(8-6-10)21(22)23/h1-8,19H,(H3,17,18)/b20-14+. The van der Waals surface area contributed by atoms with Crippen LogP contribution < -0.4 is 11.2 Å². The lowest BCUT2D eigenvalue weighted by Crippen LogP contribution is -2.21. The van der Waals surface area contributed by atoms with E-state index >= 15 is 0 Å². The molecule has 114 valence electrons. The zero-order valence-corrected chi connectivity index (χ0v) is 11.9. The molecule has 0 unspecified atom stereocenters. The van der Waals surface area contributed by atoms with Gasteiger partial charge in [-0.15, -0.1) is 0 Å². The monoisotopic (exact) mass is 308 g/mol. The molecule has 0 aromatic heterocycles. The summed E-state index contributed by atoms with van der Waals surface area (Å²) in [7, 11) is 0. The van der Waals surface area contributed by atoms with Gasteiger partial charge in [-0.25, -0.2) is 0 Å². The summed E-state index contributed by atoms with van der Waals surface area (Å²) in [5.74, 6) is -0.437. The Bertz CT molecular complexity index is 821. The van der Waals surface area contributed by atoms with Gasteiger partial charge in [-0.2, -0.15) is 10.4 Å². The van der Waals surface area contributed by atoms with Crippen molar-refractivity contribution in [1.29, 1.82) is 10.7 Å². The number of nitrogens with one attached hydrogen (secondary N) is 2. The minimum atomic E-state index is -0.468. The van der Waals surface area contributed by atoms with E-state index in [0.717, 1.165) is 11.1 Å². The van der Waals surface area contributed by atoms with Crippen molar-refractivity contribution in [3.63, 3.8) is 0 Å². The van der Waals surface area contributed by atoms with Crippen LogP contribution in [0.15, 0.2) is 53.6 Å². The van der Waals surface area contributed by atoms with Gasteiger partial charge in [-0.1, -0.05) is 18.2 Å². The Kier molecular flexibility index (Phi) is 4.64. The van der Waals surface area contributed by atoms with Gasteiger partial charge in [0.05, 0.1) is 10.6 Å². The fraction of sp³-hybridized carbons (Fsp3) is 0. The zero-order valence-electron chi connectivity index (χ0n) is 11.9. The van der Waals surface area contributed by atoms with Gasteiger partial charge in [0.2, 0.25) is 5.71 Å². The molecule has 2 aromatic carbocycles. The molecule has 2 rings (SSSR count). The minimum Gasteiger partial charge on any atom is -0.382 e. The SMILES string of the molecule is N#C/C(=N\Nc1ccccc1-c1ccc([N+](=O)[O-])cc1)C(=N)N. The van der Waals surface area contributed by atoms with Crippen LogP contribution in [0.5, 0.6) is 0 Å². The number of hydrazone groups is 1. The summed E-state index contributed by atoms with van der Waals surface area (Å²) in [5, 5.41) is 30.6. The lowest BCUT2D eigenvalue weighted by Gasteiger charge is -2.09. The van der Waals surface area contributed by atoms with E-state index in [4.69, 9.17) is 16.4 Å². The van der Waals surface area contributed by atoms with Crippen molar-refractivity contribution in [2.45, 2.75) is 0 Å². The minimum absolute atomic E-state index is 0.000516. The number of hydrogen-bond acceptors (Lipinski definition) is 6. The van der Waals surface area contributed by atoms with Crippen molar-refractivity contribution in [2.24, 2.45) is 10.8 Å². The zero-order chi connectivity index (χ0) is 16.8. The van der Waals surface area contributed by atoms with Gasteiger partial charge >= 0.3 is 0 Å². The molecule has 0 aliphatic heterocycles. The van der Waals surface area contributed by atoms with Crippen LogP contribution in [-0.2, 0) is 0 Å². The Morgan fingerprint density at radius 3 is 2.48 bits per heavy atom. The maximum Gasteiger partial charge on any atom is 0.269 e. The first-order valence-corrected chi connectivity index (χ1v) is 6.45. The van der Waals surface area contributed by atoms with Gasteiger partial charge < -0.3 is 5.73 Å². The molecule has 0 heterocycles. The third-order valence-corrected chi connectivity index (χ3v) is 2.97. The Morgan fingerprint density at radius 2 is 1.91 bits per heavy atom. The molecule has 0 atom stereocenters. The molecule has 0 amide bonds. The third kappa shape index (κ3) is 3.68. The van der Waals surface area contributed by atoms with Gasteiger partial charge in [0.25, 0.3) is 5.69 Å². The average molecular weight is 308 g/mol. The summed E-state index contributed by atoms with van der Waals surface area (Å²) in [6.45, 7) is 0. The van der Waals surface area contributed by atoms with Crippen LogP contribution in [0.3, 0.4) is 0 Å². The predicted molar refractivity (Wildman–Crippen MR) is 87.1 cm³/mol. The molecule has 0 radical (unpaired) electrons. The van der Waals surface area contributed by atoms with Gasteiger partial charge in [-0.3, -0.25) is 20.9 Å². The second-order valence-electron chi connectivity index (χ2n) is 4.45. The first-order valence-electron chi connectivity index (χ1n) is 6.45. The van der Waals surface area contributed by atoms with E-state index in [1.807, 2.05) is 6.07 Å².